The second-order valence-electron chi connectivity index (χ2n) is 3.49. The largest absolute Gasteiger partial charge is 0.394 e. The average molecular weight is 226 g/mol. The molecule has 1 atom stereocenters. The molecule has 0 saturated heterocycles. The summed E-state index contributed by atoms with van der Waals surface area (Å²) in [7, 11) is 1.74. The lowest BCUT2D eigenvalue weighted by molar-refractivity contribution is -0.384. The van der Waals surface area contributed by atoms with Gasteiger partial charge in [0.1, 0.15) is 0 Å². The molecule has 0 unspecified atom stereocenters. The molecule has 0 fully saturated rings. The van der Waals surface area contributed by atoms with Crippen LogP contribution < -0.4 is 4.90 Å². The van der Waals surface area contributed by atoms with Gasteiger partial charge in [-0.05, 0) is 12.1 Å². The lowest BCUT2D eigenvalue weighted by Crippen LogP contribution is -2.31. The van der Waals surface area contributed by atoms with Crippen molar-refractivity contribution in [2.24, 2.45) is 0 Å². The van der Waals surface area contributed by atoms with Crippen molar-refractivity contribution in [1.82, 2.24) is 0 Å². The highest BCUT2D eigenvalue weighted by atomic mass is 16.6. The number of anilines is 1. The highest BCUT2D eigenvalue weighted by molar-refractivity contribution is 5.50. The molecule has 1 aromatic carbocycles. The van der Waals surface area contributed by atoms with Crippen LogP contribution in [0.2, 0.25) is 0 Å². The van der Waals surface area contributed by atoms with E-state index in [1.807, 2.05) is 0 Å². The van der Waals surface area contributed by atoms with Gasteiger partial charge in [-0.1, -0.05) is 0 Å². The summed E-state index contributed by atoms with van der Waals surface area (Å²) in [5, 5.41) is 28.3. The van der Waals surface area contributed by atoms with Crippen LogP contribution in [0.4, 0.5) is 11.4 Å². The summed E-state index contributed by atoms with van der Waals surface area (Å²) < 4.78 is 0. The minimum Gasteiger partial charge on any atom is -0.394 e. The molecule has 0 heterocycles. The Bertz CT molecular complexity index is 352. The van der Waals surface area contributed by atoms with Gasteiger partial charge in [-0.15, -0.1) is 0 Å². The molecule has 16 heavy (non-hydrogen) atoms. The number of likely N-dealkylation sites (N-methyl/N-ethyl adjacent to an activating group) is 1. The third-order valence-electron chi connectivity index (χ3n) is 2.20. The summed E-state index contributed by atoms with van der Waals surface area (Å²) in [5.74, 6) is 0. The standard InChI is InChI=1S/C10H14N2O4/c1-11(6-10(14)7-13)8-2-4-9(5-3-8)12(15)16/h2-5,10,13-14H,6-7H2,1H3/t10-/m1/s1. The minimum atomic E-state index is -0.819. The van der Waals surface area contributed by atoms with E-state index in [-0.39, 0.29) is 18.8 Å². The predicted molar refractivity (Wildman–Crippen MR) is 59.5 cm³/mol. The van der Waals surface area contributed by atoms with Gasteiger partial charge < -0.3 is 15.1 Å². The quantitative estimate of drug-likeness (QED) is 0.560. The third-order valence-corrected chi connectivity index (χ3v) is 2.20. The van der Waals surface area contributed by atoms with Gasteiger partial charge in [-0.2, -0.15) is 0 Å². The van der Waals surface area contributed by atoms with Gasteiger partial charge in [0.25, 0.3) is 5.69 Å². The molecule has 0 amide bonds. The van der Waals surface area contributed by atoms with Crippen LogP contribution in [0.5, 0.6) is 0 Å². The number of hydrogen-bond acceptors (Lipinski definition) is 5. The summed E-state index contributed by atoms with van der Waals surface area (Å²) in [5.41, 5.74) is 0.776. The van der Waals surface area contributed by atoms with E-state index in [1.165, 1.54) is 12.1 Å². The summed E-state index contributed by atoms with van der Waals surface area (Å²) in [6.45, 7) is -0.0361. The fourth-order valence-electron chi connectivity index (χ4n) is 1.31. The van der Waals surface area contributed by atoms with Crippen molar-refractivity contribution < 1.29 is 15.1 Å². The van der Waals surface area contributed by atoms with Crippen LogP contribution in [-0.4, -0.2) is 41.4 Å². The zero-order valence-corrected chi connectivity index (χ0v) is 8.91. The van der Waals surface area contributed by atoms with Crippen LogP contribution in [0.15, 0.2) is 24.3 Å². The van der Waals surface area contributed by atoms with Crippen LogP contribution in [0.1, 0.15) is 0 Å². The van der Waals surface area contributed by atoms with Gasteiger partial charge in [0.15, 0.2) is 0 Å². The summed E-state index contributed by atoms with van der Waals surface area (Å²) >= 11 is 0. The van der Waals surface area contributed by atoms with E-state index in [4.69, 9.17) is 5.11 Å². The van der Waals surface area contributed by atoms with Crippen LogP contribution >= 0.6 is 0 Å². The molecular weight excluding hydrogens is 212 g/mol. The highest BCUT2D eigenvalue weighted by Gasteiger charge is 2.09. The number of benzene rings is 1. The average Bonchev–Trinajstić information content (AvgIpc) is 2.28. The maximum absolute atomic E-state index is 10.4. The Labute approximate surface area is 92.9 Å². The maximum Gasteiger partial charge on any atom is 0.269 e. The minimum absolute atomic E-state index is 0.0276. The van der Waals surface area contributed by atoms with E-state index in [0.29, 0.717) is 0 Å². The van der Waals surface area contributed by atoms with Crippen molar-refractivity contribution in [3.05, 3.63) is 34.4 Å². The van der Waals surface area contributed by atoms with Crippen LogP contribution in [0.3, 0.4) is 0 Å². The second kappa shape index (κ2) is 5.43. The van der Waals surface area contributed by atoms with Crippen LogP contribution in [0, 0.1) is 10.1 Å². The van der Waals surface area contributed by atoms with E-state index in [0.717, 1.165) is 5.69 Å². The number of nitrogens with zero attached hydrogens (tertiary/aromatic N) is 2. The Morgan fingerprint density at radius 2 is 2.00 bits per heavy atom. The zero-order chi connectivity index (χ0) is 12.1. The lowest BCUT2D eigenvalue weighted by Gasteiger charge is -2.21. The first-order chi connectivity index (χ1) is 7.54. The van der Waals surface area contributed by atoms with Crippen molar-refractivity contribution in [1.29, 1.82) is 0 Å². The normalized spacial score (nSPS) is 12.2. The Hall–Kier alpha value is -1.66. The third kappa shape index (κ3) is 3.18. The Kier molecular flexibility index (Phi) is 4.21. The molecule has 0 saturated carbocycles. The molecule has 0 aliphatic rings. The van der Waals surface area contributed by atoms with Gasteiger partial charge in [-0.25, -0.2) is 0 Å². The molecular formula is C10H14N2O4. The molecule has 0 aromatic heterocycles. The molecule has 6 nitrogen and oxygen atoms in total. The van der Waals surface area contributed by atoms with Gasteiger partial charge in [0, 0.05) is 31.4 Å². The molecule has 1 aromatic rings. The number of nitro benzene ring substituents is 1. The molecule has 88 valence electrons. The number of aliphatic hydroxyl groups is 2. The van der Waals surface area contributed by atoms with Gasteiger partial charge in [0.05, 0.1) is 17.6 Å². The zero-order valence-electron chi connectivity index (χ0n) is 8.91. The van der Waals surface area contributed by atoms with Crippen molar-refractivity contribution >= 4 is 11.4 Å². The SMILES string of the molecule is CN(C[C@@H](O)CO)c1ccc([N+](=O)[O-])cc1. The van der Waals surface area contributed by atoms with Crippen molar-refractivity contribution in [2.75, 3.05) is 25.1 Å². The number of rotatable bonds is 5. The molecule has 0 radical (unpaired) electrons. The number of non-ortho nitro benzene ring substituents is 1. The molecule has 6 heteroatoms. The number of aliphatic hydroxyl groups excluding tert-OH is 2. The highest BCUT2D eigenvalue weighted by Crippen LogP contribution is 2.18. The second-order valence-corrected chi connectivity index (χ2v) is 3.49. The predicted octanol–water partition coefficient (Wildman–Crippen LogP) is 0.384. The van der Waals surface area contributed by atoms with E-state index in [1.54, 1.807) is 24.1 Å². The van der Waals surface area contributed by atoms with E-state index >= 15 is 0 Å². The van der Waals surface area contributed by atoms with Gasteiger partial charge >= 0.3 is 0 Å². The van der Waals surface area contributed by atoms with Gasteiger partial charge in [-0.3, -0.25) is 10.1 Å². The summed E-state index contributed by atoms with van der Waals surface area (Å²) in [6.07, 6.45) is -0.819. The van der Waals surface area contributed by atoms with E-state index in [2.05, 4.69) is 0 Å². The Morgan fingerprint density at radius 1 is 1.44 bits per heavy atom. The molecule has 1 rings (SSSR count). The fourth-order valence-corrected chi connectivity index (χ4v) is 1.31. The lowest BCUT2D eigenvalue weighted by atomic mass is 10.2. The summed E-state index contributed by atoms with van der Waals surface area (Å²) in [4.78, 5) is 11.7. The molecule has 0 aliphatic carbocycles. The monoisotopic (exact) mass is 226 g/mol. The number of nitro groups is 1. The Balaban J connectivity index is 2.70. The molecule has 2 N–H and O–H groups in total. The van der Waals surface area contributed by atoms with Gasteiger partial charge in [0.2, 0.25) is 0 Å². The maximum atomic E-state index is 10.4. The fraction of sp³-hybridized carbons (Fsp3) is 0.400. The first-order valence-corrected chi connectivity index (χ1v) is 4.79. The van der Waals surface area contributed by atoms with Crippen molar-refractivity contribution in [2.45, 2.75) is 6.10 Å². The van der Waals surface area contributed by atoms with Crippen LogP contribution in [-0.2, 0) is 0 Å². The first kappa shape index (κ1) is 12.4. The van der Waals surface area contributed by atoms with E-state index < -0.39 is 11.0 Å². The van der Waals surface area contributed by atoms with Crippen LogP contribution in [0.25, 0.3) is 0 Å². The number of hydrogen-bond donors (Lipinski definition) is 2. The molecule has 0 spiro atoms. The van der Waals surface area contributed by atoms with Crippen molar-refractivity contribution in [3.63, 3.8) is 0 Å². The first-order valence-electron chi connectivity index (χ1n) is 4.79. The topological polar surface area (TPSA) is 86.8 Å². The van der Waals surface area contributed by atoms with Crippen molar-refractivity contribution in [3.8, 4) is 0 Å². The smallest absolute Gasteiger partial charge is 0.269 e. The Morgan fingerprint density at radius 3 is 2.44 bits per heavy atom. The molecule has 0 bridgehead atoms. The molecule has 0 aliphatic heterocycles. The summed E-state index contributed by atoms with van der Waals surface area (Å²) in [6, 6.07) is 6.00. The van der Waals surface area contributed by atoms with E-state index in [9.17, 15) is 15.2 Å².